The van der Waals surface area contributed by atoms with Gasteiger partial charge in [0.05, 0.1) is 0 Å². The molecule has 2 aromatic rings. The minimum Gasteiger partial charge on any atom is -0.372 e. The standard InChI is InChI=1S/C61H102N3/c1-7-11-13-15-17-19-21-23-25-27-29-31-33-35-37-39-53-63(9-3)59-49-43-56(44-50-59)61(55-41-47-58(48-42-55)62(5)6)57-45-51-60(52-46-57)64(10-4)54-40-38-36-34-32-30-28-26-24-22-20-18-16-14-12-8-2/h41-52H,7-40,53-54H2,1-6H3/q+1. The van der Waals surface area contributed by atoms with Crippen LogP contribution in [0.3, 0.4) is 0 Å². The zero-order valence-electron chi connectivity index (χ0n) is 43.2. The van der Waals surface area contributed by atoms with Gasteiger partial charge in [0.25, 0.3) is 0 Å². The lowest BCUT2D eigenvalue weighted by atomic mass is 9.90. The lowest BCUT2D eigenvalue weighted by molar-refractivity contribution is -0.462. The summed E-state index contributed by atoms with van der Waals surface area (Å²) < 4.78 is 2.18. The Bertz CT molecular complexity index is 1430. The molecule has 3 nitrogen and oxygen atoms in total. The fourth-order valence-corrected chi connectivity index (χ4v) is 9.75. The molecule has 0 spiro atoms. The van der Waals surface area contributed by atoms with E-state index in [1.54, 1.807) is 0 Å². The summed E-state index contributed by atoms with van der Waals surface area (Å²) in [6.07, 6.45) is 54.5. The van der Waals surface area contributed by atoms with Gasteiger partial charge in [-0.2, -0.15) is 0 Å². The largest absolute Gasteiger partial charge is 0.372 e. The van der Waals surface area contributed by atoms with Crippen molar-refractivity contribution in [1.82, 2.24) is 0 Å². The van der Waals surface area contributed by atoms with Gasteiger partial charge in [-0.05, 0) is 85.4 Å². The van der Waals surface area contributed by atoms with Gasteiger partial charge in [-0.1, -0.05) is 231 Å². The third-order valence-corrected chi connectivity index (χ3v) is 14.0. The van der Waals surface area contributed by atoms with Crippen LogP contribution in [0.5, 0.6) is 0 Å². The van der Waals surface area contributed by atoms with E-state index in [0.29, 0.717) is 0 Å². The lowest BCUT2D eigenvalue weighted by Gasteiger charge is -2.25. The number of nitrogens with zero attached hydrogens (tertiary/aromatic N) is 3. The maximum Gasteiger partial charge on any atom is 0.199 e. The predicted octanol–water partition coefficient (Wildman–Crippen LogP) is 18.5. The summed E-state index contributed by atoms with van der Waals surface area (Å²) in [4.78, 5) is 5.15. The summed E-state index contributed by atoms with van der Waals surface area (Å²) in [5, 5.41) is 0. The zero-order chi connectivity index (χ0) is 45.7. The Balaban J connectivity index is 1.43. The van der Waals surface area contributed by atoms with Gasteiger partial charge in [-0.3, -0.25) is 0 Å². The molecule has 3 rings (SSSR count). The molecular weight excluding hydrogens is 775 g/mol. The SMILES string of the molecule is CCCCCCCCCCCCCCCCCCN(CC)c1ccc(C(=C2C=CC(=[N+](C)C)C=C2)c2ccc(N(CC)CCCCCCCCCCCCCCCCCC)cc2)cc1. The summed E-state index contributed by atoms with van der Waals surface area (Å²) >= 11 is 0. The third kappa shape index (κ3) is 23.9. The van der Waals surface area contributed by atoms with Gasteiger partial charge in [0.1, 0.15) is 14.1 Å². The summed E-state index contributed by atoms with van der Waals surface area (Å²) in [6.45, 7) is 13.6. The fourth-order valence-electron chi connectivity index (χ4n) is 9.75. The first-order valence-corrected chi connectivity index (χ1v) is 27.9. The smallest absolute Gasteiger partial charge is 0.199 e. The summed E-state index contributed by atoms with van der Waals surface area (Å²) in [7, 11) is 4.24. The second-order valence-electron chi connectivity index (χ2n) is 19.7. The number of allylic oxidation sites excluding steroid dienone is 5. The molecule has 0 radical (unpaired) electrons. The number of rotatable bonds is 40. The first-order chi connectivity index (χ1) is 31.5. The van der Waals surface area contributed by atoms with E-state index in [4.69, 9.17) is 0 Å². The van der Waals surface area contributed by atoms with Crippen molar-refractivity contribution >= 4 is 22.7 Å². The van der Waals surface area contributed by atoms with E-state index in [-0.39, 0.29) is 0 Å². The van der Waals surface area contributed by atoms with Crippen molar-refractivity contribution in [2.75, 3.05) is 50.1 Å². The molecule has 0 heterocycles. The molecule has 0 bridgehead atoms. The van der Waals surface area contributed by atoms with E-state index < -0.39 is 0 Å². The summed E-state index contributed by atoms with van der Waals surface area (Å²) in [5.41, 5.74) is 9.07. The fraction of sp³-hybridized carbons (Fsp3) is 0.689. The highest BCUT2D eigenvalue weighted by molar-refractivity contribution is 6.04. The minimum absolute atomic E-state index is 1.05. The van der Waals surface area contributed by atoms with E-state index in [1.165, 1.54) is 245 Å². The van der Waals surface area contributed by atoms with Gasteiger partial charge in [-0.25, -0.2) is 4.58 Å². The Morgan fingerprint density at radius 2 is 0.609 bits per heavy atom. The topological polar surface area (TPSA) is 9.49 Å². The minimum atomic E-state index is 1.05. The van der Waals surface area contributed by atoms with Crippen LogP contribution in [0.15, 0.2) is 78.4 Å². The van der Waals surface area contributed by atoms with Crippen LogP contribution in [0.1, 0.15) is 244 Å². The predicted molar refractivity (Wildman–Crippen MR) is 289 cm³/mol. The number of anilines is 2. The second kappa shape index (κ2) is 37.1. The molecule has 0 aliphatic heterocycles. The average Bonchev–Trinajstić information content (AvgIpc) is 3.32. The van der Waals surface area contributed by atoms with Crippen LogP contribution in [0.25, 0.3) is 5.57 Å². The molecule has 3 heteroatoms. The van der Waals surface area contributed by atoms with Crippen molar-refractivity contribution in [3.05, 3.63) is 89.5 Å². The normalized spacial score (nSPS) is 12.4. The van der Waals surface area contributed by atoms with Crippen molar-refractivity contribution in [2.45, 2.75) is 233 Å². The maximum absolute atomic E-state index is 2.58. The van der Waals surface area contributed by atoms with E-state index in [1.807, 2.05) is 0 Å². The molecule has 0 aromatic heterocycles. The van der Waals surface area contributed by atoms with Crippen molar-refractivity contribution in [1.29, 1.82) is 0 Å². The average molecular weight is 878 g/mol. The number of hydrogen-bond acceptors (Lipinski definition) is 2. The van der Waals surface area contributed by atoms with Crippen LogP contribution in [0.2, 0.25) is 0 Å². The third-order valence-electron chi connectivity index (χ3n) is 14.0. The van der Waals surface area contributed by atoms with Crippen LogP contribution < -0.4 is 9.80 Å². The van der Waals surface area contributed by atoms with Crippen molar-refractivity contribution in [2.24, 2.45) is 0 Å². The van der Waals surface area contributed by atoms with Crippen molar-refractivity contribution in [3.63, 3.8) is 0 Å². The van der Waals surface area contributed by atoms with Crippen molar-refractivity contribution in [3.8, 4) is 0 Å². The molecule has 1 aliphatic carbocycles. The number of benzene rings is 2. The van der Waals surface area contributed by atoms with Crippen molar-refractivity contribution < 1.29 is 4.58 Å². The number of unbranched alkanes of at least 4 members (excludes halogenated alkanes) is 30. The van der Waals surface area contributed by atoms with E-state index >= 15 is 0 Å². The van der Waals surface area contributed by atoms with Gasteiger partial charge in [-0.15, -0.1) is 0 Å². The summed E-state index contributed by atoms with van der Waals surface area (Å²) in [5.74, 6) is 0. The molecule has 0 unspecified atom stereocenters. The van der Waals surface area contributed by atoms with Gasteiger partial charge in [0.15, 0.2) is 5.71 Å². The first-order valence-electron chi connectivity index (χ1n) is 27.9. The Labute approximate surface area is 398 Å². The molecule has 0 saturated carbocycles. The molecule has 2 aromatic carbocycles. The van der Waals surface area contributed by atoms with Crippen LogP contribution in [0, 0.1) is 0 Å². The summed E-state index contributed by atoms with van der Waals surface area (Å²) in [6, 6.07) is 18.9. The Hall–Kier alpha value is -3.07. The molecule has 360 valence electrons. The molecule has 0 atom stereocenters. The van der Waals surface area contributed by atoms with Crippen LogP contribution in [-0.4, -0.2) is 50.6 Å². The quantitative estimate of drug-likeness (QED) is 0.0487. The van der Waals surface area contributed by atoms with E-state index in [0.717, 1.165) is 26.2 Å². The van der Waals surface area contributed by atoms with Crippen LogP contribution in [-0.2, 0) is 0 Å². The highest BCUT2D eigenvalue weighted by Crippen LogP contribution is 2.33. The first kappa shape index (κ1) is 55.3. The van der Waals surface area contributed by atoms with Gasteiger partial charge < -0.3 is 9.80 Å². The highest BCUT2D eigenvalue weighted by Gasteiger charge is 2.15. The Morgan fingerprint density at radius 1 is 0.344 bits per heavy atom. The Kier molecular flexibility index (Phi) is 32.0. The highest BCUT2D eigenvalue weighted by atomic mass is 15.1. The van der Waals surface area contributed by atoms with Crippen LogP contribution in [0.4, 0.5) is 11.4 Å². The second-order valence-corrected chi connectivity index (χ2v) is 19.7. The van der Waals surface area contributed by atoms with Gasteiger partial charge in [0.2, 0.25) is 0 Å². The molecular formula is C61H102N3+. The lowest BCUT2D eigenvalue weighted by Crippen LogP contribution is -2.23. The Morgan fingerprint density at radius 3 is 0.859 bits per heavy atom. The zero-order valence-corrected chi connectivity index (χ0v) is 43.2. The molecule has 1 aliphatic rings. The molecule has 64 heavy (non-hydrogen) atoms. The number of hydrogen-bond donors (Lipinski definition) is 0. The molecule has 0 saturated heterocycles. The maximum atomic E-state index is 2.58. The monoisotopic (exact) mass is 877 g/mol. The van der Waals surface area contributed by atoms with E-state index in [9.17, 15) is 0 Å². The molecule has 0 fully saturated rings. The van der Waals surface area contributed by atoms with Crippen LogP contribution >= 0.6 is 0 Å². The van der Waals surface area contributed by atoms with Gasteiger partial charge >= 0.3 is 0 Å². The molecule has 0 amide bonds. The molecule has 0 N–H and O–H groups in total. The van der Waals surface area contributed by atoms with E-state index in [2.05, 4.69) is 129 Å². The van der Waals surface area contributed by atoms with Gasteiger partial charge in [0, 0.05) is 49.7 Å².